The lowest BCUT2D eigenvalue weighted by Crippen LogP contribution is -2.48. The molecule has 1 aromatic heterocycles. The number of carbonyl (C=O) groups excluding carboxylic acids is 1. The first-order valence-electron chi connectivity index (χ1n) is 6.97. The molecule has 104 valence electrons. The van der Waals surface area contributed by atoms with Gasteiger partial charge < -0.3 is 9.80 Å². The van der Waals surface area contributed by atoms with Gasteiger partial charge in [-0.15, -0.1) is 5.10 Å². The topological polar surface area (TPSA) is 49.3 Å². The fourth-order valence-electron chi connectivity index (χ4n) is 2.19. The molecule has 0 N–H and O–H groups in total. The molecule has 0 saturated carbocycles. The molecule has 0 spiro atoms. The Balaban J connectivity index is 2.00. The summed E-state index contributed by atoms with van der Waals surface area (Å²) in [5, 5.41) is 8.18. The molecule has 1 fully saturated rings. The highest BCUT2D eigenvalue weighted by atomic mass is 16.2. The first-order valence-corrected chi connectivity index (χ1v) is 6.97. The smallest absolute Gasteiger partial charge is 0.274 e. The molecule has 0 bridgehead atoms. The van der Waals surface area contributed by atoms with Crippen LogP contribution < -0.4 is 0 Å². The standard InChI is InChI=1S/C14H22N4O/c1-4-17-7-9-18(10-8-17)14(19)13-6-5-12(11(2)3)15-16-13/h5-6,11H,4,7-10H2,1-3H3. The molecule has 0 atom stereocenters. The van der Waals surface area contributed by atoms with Gasteiger partial charge in [0.2, 0.25) is 0 Å². The van der Waals surface area contributed by atoms with Crippen molar-refractivity contribution in [1.29, 1.82) is 0 Å². The van der Waals surface area contributed by atoms with Gasteiger partial charge in [-0.2, -0.15) is 5.10 Å². The third kappa shape index (κ3) is 3.29. The number of likely N-dealkylation sites (N-methyl/N-ethyl adjacent to an activating group) is 1. The summed E-state index contributed by atoms with van der Waals surface area (Å²) in [5.74, 6) is 0.336. The van der Waals surface area contributed by atoms with Crippen LogP contribution in [0.5, 0.6) is 0 Å². The number of hydrogen-bond donors (Lipinski definition) is 0. The Labute approximate surface area is 114 Å². The third-order valence-corrected chi connectivity index (χ3v) is 3.60. The van der Waals surface area contributed by atoms with Crippen molar-refractivity contribution in [2.45, 2.75) is 26.7 Å². The van der Waals surface area contributed by atoms with Crippen molar-refractivity contribution < 1.29 is 4.79 Å². The molecule has 0 radical (unpaired) electrons. The summed E-state index contributed by atoms with van der Waals surface area (Å²) >= 11 is 0. The fourth-order valence-corrected chi connectivity index (χ4v) is 2.19. The van der Waals surface area contributed by atoms with Gasteiger partial charge in [0.25, 0.3) is 5.91 Å². The van der Waals surface area contributed by atoms with E-state index in [9.17, 15) is 4.79 Å². The van der Waals surface area contributed by atoms with Gasteiger partial charge >= 0.3 is 0 Å². The Morgan fingerprint density at radius 2 is 1.89 bits per heavy atom. The lowest BCUT2D eigenvalue weighted by molar-refractivity contribution is 0.0636. The van der Waals surface area contributed by atoms with Crippen molar-refractivity contribution in [1.82, 2.24) is 20.0 Å². The van der Waals surface area contributed by atoms with Crippen molar-refractivity contribution >= 4 is 5.91 Å². The zero-order valence-corrected chi connectivity index (χ0v) is 12.0. The van der Waals surface area contributed by atoms with Crippen LogP contribution in [-0.4, -0.2) is 58.6 Å². The number of hydrogen-bond acceptors (Lipinski definition) is 4. The van der Waals surface area contributed by atoms with Gasteiger partial charge in [0.15, 0.2) is 5.69 Å². The zero-order valence-electron chi connectivity index (χ0n) is 12.0. The van der Waals surface area contributed by atoms with Crippen LogP contribution in [0, 0.1) is 0 Å². The van der Waals surface area contributed by atoms with Crippen LogP contribution in [-0.2, 0) is 0 Å². The number of nitrogens with zero attached hydrogens (tertiary/aromatic N) is 4. The van der Waals surface area contributed by atoms with E-state index >= 15 is 0 Å². The molecule has 1 amide bonds. The minimum absolute atomic E-state index is 0.00133. The number of rotatable bonds is 3. The maximum atomic E-state index is 12.3. The van der Waals surface area contributed by atoms with Gasteiger partial charge in [0.1, 0.15) is 0 Å². The molecule has 19 heavy (non-hydrogen) atoms. The third-order valence-electron chi connectivity index (χ3n) is 3.60. The van der Waals surface area contributed by atoms with E-state index in [1.54, 1.807) is 6.07 Å². The van der Waals surface area contributed by atoms with Crippen molar-refractivity contribution in [3.05, 3.63) is 23.5 Å². The molecule has 0 aliphatic carbocycles. The van der Waals surface area contributed by atoms with Gasteiger partial charge in [0, 0.05) is 26.2 Å². The number of piperazine rings is 1. The van der Waals surface area contributed by atoms with Gasteiger partial charge in [0.05, 0.1) is 5.69 Å². The first kappa shape index (κ1) is 13.9. The molecule has 0 aromatic carbocycles. The van der Waals surface area contributed by atoms with Crippen LogP contribution >= 0.6 is 0 Å². The molecular formula is C14H22N4O. The lowest BCUT2D eigenvalue weighted by atomic mass is 10.1. The fraction of sp³-hybridized carbons (Fsp3) is 0.643. The molecule has 2 heterocycles. The summed E-state index contributed by atoms with van der Waals surface area (Å²) in [7, 11) is 0. The van der Waals surface area contributed by atoms with Gasteiger partial charge in [-0.05, 0) is 24.6 Å². The highest BCUT2D eigenvalue weighted by Crippen LogP contribution is 2.11. The van der Waals surface area contributed by atoms with E-state index in [0.717, 1.165) is 38.4 Å². The molecule has 1 aromatic rings. The highest BCUT2D eigenvalue weighted by Gasteiger charge is 2.22. The maximum absolute atomic E-state index is 12.3. The predicted molar refractivity (Wildman–Crippen MR) is 74.1 cm³/mol. The lowest BCUT2D eigenvalue weighted by Gasteiger charge is -2.33. The van der Waals surface area contributed by atoms with Crippen LogP contribution in [0.3, 0.4) is 0 Å². The molecule has 0 unspecified atom stereocenters. The Morgan fingerprint density at radius 3 is 2.37 bits per heavy atom. The second kappa shape index (κ2) is 6.10. The van der Waals surface area contributed by atoms with E-state index in [1.807, 2.05) is 11.0 Å². The monoisotopic (exact) mass is 262 g/mol. The highest BCUT2D eigenvalue weighted by molar-refractivity contribution is 5.92. The average molecular weight is 262 g/mol. The summed E-state index contributed by atoms with van der Waals surface area (Å²) in [4.78, 5) is 16.5. The summed E-state index contributed by atoms with van der Waals surface area (Å²) in [6.45, 7) is 10.8. The van der Waals surface area contributed by atoms with Gasteiger partial charge in [-0.3, -0.25) is 4.79 Å². The molecule has 5 nitrogen and oxygen atoms in total. The quantitative estimate of drug-likeness (QED) is 0.825. The number of amides is 1. The van der Waals surface area contributed by atoms with Gasteiger partial charge in [-0.25, -0.2) is 0 Å². The summed E-state index contributed by atoms with van der Waals surface area (Å²) in [6, 6.07) is 3.68. The van der Waals surface area contributed by atoms with Crippen molar-refractivity contribution in [2.75, 3.05) is 32.7 Å². The molecular weight excluding hydrogens is 240 g/mol. The number of aromatic nitrogens is 2. The van der Waals surface area contributed by atoms with Crippen molar-refractivity contribution in [3.8, 4) is 0 Å². The summed E-state index contributed by atoms with van der Waals surface area (Å²) in [5.41, 5.74) is 1.38. The normalized spacial score (nSPS) is 16.9. The molecule has 5 heteroatoms. The van der Waals surface area contributed by atoms with E-state index in [2.05, 4.69) is 35.9 Å². The Bertz CT molecular complexity index is 422. The van der Waals surface area contributed by atoms with Crippen LogP contribution in [0.25, 0.3) is 0 Å². The molecule has 1 aliphatic rings. The SMILES string of the molecule is CCN1CCN(C(=O)c2ccc(C(C)C)nn2)CC1. The average Bonchev–Trinajstić information content (AvgIpc) is 2.46. The maximum Gasteiger partial charge on any atom is 0.274 e. The van der Waals surface area contributed by atoms with E-state index in [4.69, 9.17) is 0 Å². The molecule has 2 rings (SSSR count). The Morgan fingerprint density at radius 1 is 1.21 bits per heavy atom. The summed E-state index contributed by atoms with van der Waals surface area (Å²) < 4.78 is 0. The van der Waals surface area contributed by atoms with E-state index < -0.39 is 0 Å². The van der Waals surface area contributed by atoms with Crippen LogP contribution in [0.15, 0.2) is 12.1 Å². The minimum atomic E-state index is -0.00133. The van der Waals surface area contributed by atoms with E-state index in [1.165, 1.54) is 0 Å². The Kier molecular flexibility index (Phi) is 4.47. The van der Waals surface area contributed by atoms with E-state index in [-0.39, 0.29) is 5.91 Å². The van der Waals surface area contributed by atoms with Crippen molar-refractivity contribution in [2.24, 2.45) is 0 Å². The predicted octanol–water partition coefficient (Wildman–Crippen LogP) is 1.38. The minimum Gasteiger partial charge on any atom is -0.335 e. The van der Waals surface area contributed by atoms with Crippen LogP contribution in [0.4, 0.5) is 0 Å². The van der Waals surface area contributed by atoms with Crippen molar-refractivity contribution in [3.63, 3.8) is 0 Å². The Hall–Kier alpha value is -1.49. The van der Waals surface area contributed by atoms with Gasteiger partial charge in [-0.1, -0.05) is 20.8 Å². The van der Waals surface area contributed by atoms with Crippen LogP contribution in [0.1, 0.15) is 42.9 Å². The second-order valence-corrected chi connectivity index (χ2v) is 5.22. The first-order chi connectivity index (χ1) is 9.11. The van der Waals surface area contributed by atoms with Crippen LogP contribution in [0.2, 0.25) is 0 Å². The largest absolute Gasteiger partial charge is 0.335 e. The number of carbonyl (C=O) groups is 1. The molecule has 1 saturated heterocycles. The molecule has 1 aliphatic heterocycles. The van der Waals surface area contributed by atoms with E-state index in [0.29, 0.717) is 11.6 Å². The zero-order chi connectivity index (χ0) is 13.8. The summed E-state index contributed by atoms with van der Waals surface area (Å²) in [6.07, 6.45) is 0. The second-order valence-electron chi connectivity index (χ2n) is 5.22.